The zero-order chi connectivity index (χ0) is 15.4. The van der Waals surface area contributed by atoms with Crippen LogP contribution in [-0.4, -0.2) is 39.0 Å². The first-order chi connectivity index (χ1) is 10.0. The van der Waals surface area contributed by atoms with Gasteiger partial charge < -0.3 is 14.6 Å². The van der Waals surface area contributed by atoms with Crippen LogP contribution in [0.25, 0.3) is 0 Å². The number of hydrogen-bond donors (Lipinski definition) is 1. The maximum absolute atomic E-state index is 12.8. The number of aromatic nitrogens is 1. The second-order valence-electron chi connectivity index (χ2n) is 5.44. The van der Waals surface area contributed by atoms with Crippen LogP contribution in [0.15, 0.2) is 12.3 Å². The Kier molecular flexibility index (Phi) is 5.28. The van der Waals surface area contributed by atoms with Crippen molar-refractivity contribution in [2.24, 2.45) is 0 Å². The quantitative estimate of drug-likeness (QED) is 0.929. The van der Waals surface area contributed by atoms with Crippen LogP contribution >= 0.6 is 11.6 Å². The highest BCUT2D eigenvalue weighted by molar-refractivity contribution is 6.31. The Morgan fingerprint density at radius 2 is 2.14 bits per heavy atom. The first kappa shape index (κ1) is 15.9. The number of likely N-dealkylation sites (tertiary alicyclic amines) is 1. The number of carbonyl (C=O) groups excluding carboxylic acids is 1. The second kappa shape index (κ2) is 6.98. The summed E-state index contributed by atoms with van der Waals surface area (Å²) in [6, 6.07) is 0.896. The topological polar surface area (TPSA) is 62.5 Å². The van der Waals surface area contributed by atoms with Gasteiger partial charge in [0.2, 0.25) is 0 Å². The molecule has 5 nitrogen and oxygen atoms in total. The smallest absolute Gasteiger partial charge is 0.326 e. The van der Waals surface area contributed by atoms with Crippen molar-refractivity contribution in [3.8, 4) is 0 Å². The Morgan fingerprint density at radius 1 is 1.38 bits per heavy atom. The molecule has 1 aromatic heterocycles. The number of carboxylic acid groups (broad SMARTS) is 1. The van der Waals surface area contributed by atoms with Crippen molar-refractivity contribution in [1.82, 2.24) is 9.47 Å². The molecule has 1 amide bonds. The molecular formula is C15H21ClN2O3. The van der Waals surface area contributed by atoms with Gasteiger partial charge in [-0.05, 0) is 25.3 Å². The molecule has 1 saturated heterocycles. The lowest BCUT2D eigenvalue weighted by molar-refractivity contribution is -0.142. The molecule has 1 fully saturated rings. The lowest BCUT2D eigenvalue weighted by Gasteiger charge is -2.27. The van der Waals surface area contributed by atoms with Crippen LogP contribution in [0.3, 0.4) is 0 Å². The molecule has 116 valence electrons. The Hall–Kier alpha value is -1.49. The highest BCUT2D eigenvalue weighted by Crippen LogP contribution is 2.22. The minimum Gasteiger partial charge on any atom is -0.480 e. The molecule has 1 unspecified atom stereocenters. The van der Waals surface area contributed by atoms with Gasteiger partial charge in [0, 0.05) is 19.3 Å². The fraction of sp³-hybridized carbons (Fsp3) is 0.600. The first-order valence-corrected chi connectivity index (χ1v) is 7.81. The third kappa shape index (κ3) is 3.59. The molecule has 0 radical (unpaired) electrons. The molecule has 0 saturated carbocycles. The summed E-state index contributed by atoms with van der Waals surface area (Å²) in [5.41, 5.74) is 0.481. The van der Waals surface area contributed by atoms with Crippen molar-refractivity contribution in [2.75, 3.05) is 6.54 Å². The second-order valence-corrected chi connectivity index (χ2v) is 5.88. The van der Waals surface area contributed by atoms with Crippen LogP contribution in [0, 0.1) is 0 Å². The van der Waals surface area contributed by atoms with Crippen LogP contribution in [-0.2, 0) is 11.3 Å². The van der Waals surface area contributed by atoms with E-state index in [1.165, 1.54) is 4.90 Å². The Balaban J connectivity index is 2.29. The minimum atomic E-state index is -0.926. The van der Waals surface area contributed by atoms with Gasteiger partial charge in [0.1, 0.15) is 11.7 Å². The third-order valence-electron chi connectivity index (χ3n) is 3.85. The van der Waals surface area contributed by atoms with Gasteiger partial charge in [0.15, 0.2) is 0 Å². The van der Waals surface area contributed by atoms with E-state index in [2.05, 4.69) is 0 Å². The molecule has 1 N–H and O–H groups in total. The monoisotopic (exact) mass is 312 g/mol. The maximum atomic E-state index is 12.8. The zero-order valence-corrected chi connectivity index (χ0v) is 13.0. The van der Waals surface area contributed by atoms with Crippen molar-refractivity contribution in [1.29, 1.82) is 0 Å². The summed E-state index contributed by atoms with van der Waals surface area (Å²) >= 11 is 6.01. The standard InChI is InChI=1S/C15H21ClN2O3/c1-2-7-17-10-11(16)9-13(17)14(19)18-8-5-3-4-6-12(18)15(20)21/h9-10,12H,2-8H2,1H3,(H,20,21). The van der Waals surface area contributed by atoms with Crippen molar-refractivity contribution >= 4 is 23.5 Å². The fourth-order valence-electron chi connectivity index (χ4n) is 2.83. The summed E-state index contributed by atoms with van der Waals surface area (Å²) in [7, 11) is 0. The van der Waals surface area contributed by atoms with E-state index in [9.17, 15) is 14.7 Å². The fourth-order valence-corrected chi connectivity index (χ4v) is 3.06. The predicted octanol–water partition coefficient (Wildman–Crippen LogP) is 3.02. The van der Waals surface area contributed by atoms with E-state index in [-0.39, 0.29) is 5.91 Å². The number of nitrogens with zero attached hydrogens (tertiary/aromatic N) is 2. The predicted molar refractivity (Wildman–Crippen MR) is 80.7 cm³/mol. The van der Waals surface area contributed by atoms with Crippen LogP contribution in [0.1, 0.15) is 49.5 Å². The number of carboxylic acids is 1. The molecule has 0 aromatic carbocycles. The Morgan fingerprint density at radius 3 is 2.81 bits per heavy atom. The summed E-state index contributed by atoms with van der Waals surface area (Å²) in [5, 5.41) is 9.89. The molecule has 0 aliphatic carbocycles. The largest absolute Gasteiger partial charge is 0.480 e. The third-order valence-corrected chi connectivity index (χ3v) is 4.05. The molecule has 1 atom stereocenters. The van der Waals surface area contributed by atoms with Crippen molar-refractivity contribution in [2.45, 2.75) is 51.6 Å². The van der Waals surface area contributed by atoms with Crippen LogP contribution in [0.2, 0.25) is 5.02 Å². The first-order valence-electron chi connectivity index (χ1n) is 7.44. The number of amides is 1. The van der Waals surface area contributed by atoms with E-state index in [1.54, 1.807) is 12.3 Å². The Labute approximate surface area is 129 Å². The van der Waals surface area contributed by atoms with Gasteiger partial charge in [-0.1, -0.05) is 31.4 Å². The van der Waals surface area contributed by atoms with Gasteiger partial charge in [-0.15, -0.1) is 0 Å². The summed E-state index contributed by atoms with van der Waals surface area (Å²) in [5.74, 6) is -1.16. The van der Waals surface area contributed by atoms with E-state index in [4.69, 9.17) is 11.6 Å². The number of aliphatic carboxylic acids is 1. The normalized spacial score (nSPS) is 19.3. The van der Waals surface area contributed by atoms with Gasteiger partial charge in [0.05, 0.1) is 5.02 Å². The molecule has 0 spiro atoms. The van der Waals surface area contributed by atoms with Gasteiger partial charge in [-0.2, -0.15) is 0 Å². The van der Waals surface area contributed by atoms with Crippen LogP contribution < -0.4 is 0 Å². The van der Waals surface area contributed by atoms with E-state index in [0.717, 1.165) is 25.7 Å². The van der Waals surface area contributed by atoms with Gasteiger partial charge in [-0.25, -0.2) is 4.79 Å². The number of rotatable bonds is 4. The zero-order valence-electron chi connectivity index (χ0n) is 12.2. The van der Waals surface area contributed by atoms with Crippen molar-refractivity contribution in [3.05, 3.63) is 23.0 Å². The lowest BCUT2D eigenvalue weighted by atomic mass is 10.1. The highest BCUT2D eigenvalue weighted by Gasteiger charge is 2.32. The summed E-state index contributed by atoms with van der Waals surface area (Å²) in [6.07, 6.45) is 5.78. The van der Waals surface area contributed by atoms with Crippen molar-refractivity contribution in [3.63, 3.8) is 0 Å². The summed E-state index contributed by atoms with van der Waals surface area (Å²) < 4.78 is 1.81. The summed E-state index contributed by atoms with van der Waals surface area (Å²) in [6.45, 7) is 3.21. The number of aryl methyl sites for hydroxylation is 1. The molecule has 2 rings (SSSR count). The molecule has 21 heavy (non-hydrogen) atoms. The molecule has 0 bridgehead atoms. The van der Waals surface area contributed by atoms with E-state index >= 15 is 0 Å². The molecule has 2 heterocycles. The summed E-state index contributed by atoms with van der Waals surface area (Å²) in [4.78, 5) is 25.7. The molecular weight excluding hydrogens is 292 g/mol. The molecule has 6 heteroatoms. The minimum absolute atomic E-state index is 0.232. The van der Waals surface area contributed by atoms with Crippen LogP contribution in [0.4, 0.5) is 0 Å². The maximum Gasteiger partial charge on any atom is 0.326 e. The lowest BCUT2D eigenvalue weighted by Crippen LogP contribution is -2.45. The van der Waals surface area contributed by atoms with Gasteiger partial charge in [0.25, 0.3) is 5.91 Å². The van der Waals surface area contributed by atoms with E-state index in [1.807, 2.05) is 11.5 Å². The van der Waals surface area contributed by atoms with E-state index < -0.39 is 12.0 Å². The van der Waals surface area contributed by atoms with E-state index in [0.29, 0.717) is 30.2 Å². The molecule has 1 aliphatic rings. The van der Waals surface area contributed by atoms with Crippen LogP contribution in [0.5, 0.6) is 0 Å². The van der Waals surface area contributed by atoms with Gasteiger partial charge >= 0.3 is 5.97 Å². The van der Waals surface area contributed by atoms with Gasteiger partial charge in [-0.3, -0.25) is 4.79 Å². The SMILES string of the molecule is CCCn1cc(Cl)cc1C(=O)N1CCCCCC1C(=O)O. The number of carbonyl (C=O) groups is 2. The highest BCUT2D eigenvalue weighted by atomic mass is 35.5. The van der Waals surface area contributed by atoms with Crippen molar-refractivity contribution < 1.29 is 14.7 Å². The Bertz CT molecular complexity index is 527. The average molecular weight is 313 g/mol. The number of halogens is 1. The molecule has 1 aliphatic heterocycles. The average Bonchev–Trinajstić information content (AvgIpc) is 2.65. The molecule has 1 aromatic rings. The number of hydrogen-bond acceptors (Lipinski definition) is 2.